The Labute approximate surface area is 218 Å². The molecule has 2 aromatic carbocycles. The first-order valence-corrected chi connectivity index (χ1v) is 13.2. The number of benzene rings is 2. The fraction of sp³-hybridized carbons (Fsp3) is 0.517. The van der Waals surface area contributed by atoms with E-state index in [-0.39, 0.29) is 56.0 Å². The standard InChI is InChI=1S/C29H39N3O5/c1-21(33)20-37-17-15-31-29(36)24(9-4-5-14-30)18-27(34)26-13-7-16-32(26)28(35)19-23-11-6-10-22-8-2-3-12-25(22)23/h2-3,6,8,10-12,24,26H,4-5,7,9,13-20,30H2,1H3,(H,31,36)/t24-,26+/m1/s1. The van der Waals surface area contributed by atoms with Gasteiger partial charge in [0.1, 0.15) is 6.61 Å². The summed E-state index contributed by atoms with van der Waals surface area (Å²) in [5.41, 5.74) is 6.57. The molecule has 1 aliphatic heterocycles. The Bertz CT molecular complexity index is 1080. The highest BCUT2D eigenvalue weighted by molar-refractivity contribution is 5.95. The normalized spacial score (nSPS) is 16.1. The van der Waals surface area contributed by atoms with E-state index in [1.165, 1.54) is 6.92 Å². The van der Waals surface area contributed by atoms with Crippen molar-refractivity contribution in [2.24, 2.45) is 11.7 Å². The molecule has 8 heteroatoms. The summed E-state index contributed by atoms with van der Waals surface area (Å²) in [7, 11) is 0. The van der Waals surface area contributed by atoms with Crippen molar-refractivity contribution < 1.29 is 23.9 Å². The molecule has 0 unspecified atom stereocenters. The number of nitrogens with one attached hydrogen (secondary N) is 1. The van der Waals surface area contributed by atoms with Crippen molar-refractivity contribution in [1.29, 1.82) is 0 Å². The fourth-order valence-corrected chi connectivity index (χ4v) is 4.96. The van der Waals surface area contributed by atoms with Gasteiger partial charge in [-0.3, -0.25) is 19.2 Å². The summed E-state index contributed by atoms with van der Waals surface area (Å²) < 4.78 is 5.21. The minimum atomic E-state index is -0.494. The molecule has 2 atom stereocenters. The van der Waals surface area contributed by atoms with Crippen LogP contribution in [0, 0.1) is 5.92 Å². The van der Waals surface area contributed by atoms with Crippen LogP contribution in [0.4, 0.5) is 0 Å². The van der Waals surface area contributed by atoms with Crippen molar-refractivity contribution >= 4 is 34.2 Å². The van der Waals surface area contributed by atoms with E-state index < -0.39 is 12.0 Å². The highest BCUT2D eigenvalue weighted by Gasteiger charge is 2.35. The molecule has 0 bridgehead atoms. The highest BCUT2D eigenvalue weighted by atomic mass is 16.5. The molecule has 0 aliphatic carbocycles. The number of carbonyl (C=O) groups excluding carboxylic acids is 4. The molecular formula is C29H39N3O5. The summed E-state index contributed by atoms with van der Waals surface area (Å²) >= 11 is 0. The molecule has 1 fully saturated rings. The topological polar surface area (TPSA) is 119 Å². The minimum absolute atomic E-state index is 0.0125. The van der Waals surface area contributed by atoms with Gasteiger partial charge in [0.15, 0.2) is 11.6 Å². The lowest BCUT2D eigenvalue weighted by Crippen LogP contribution is -2.43. The second-order valence-corrected chi connectivity index (χ2v) is 9.76. The third-order valence-corrected chi connectivity index (χ3v) is 6.84. The highest BCUT2D eigenvalue weighted by Crippen LogP contribution is 2.25. The van der Waals surface area contributed by atoms with Gasteiger partial charge in [-0.25, -0.2) is 0 Å². The third kappa shape index (κ3) is 8.47. The molecule has 0 aromatic heterocycles. The zero-order valence-corrected chi connectivity index (χ0v) is 21.7. The number of carbonyl (C=O) groups is 4. The van der Waals surface area contributed by atoms with Crippen LogP contribution in [0.15, 0.2) is 42.5 Å². The second-order valence-electron chi connectivity index (χ2n) is 9.76. The van der Waals surface area contributed by atoms with Gasteiger partial charge in [0.25, 0.3) is 0 Å². The number of unbranched alkanes of at least 4 members (excludes halogenated alkanes) is 1. The Morgan fingerprint density at radius 1 is 1.11 bits per heavy atom. The first-order chi connectivity index (χ1) is 17.9. The van der Waals surface area contributed by atoms with Crippen LogP contribution < -0.4 is 11.1 Å². The number of hydrogen-bond acceptors (Lipinski definition) is 6. The molecule has 8 nitrogen and oxygen atoms in total. The van der Waals surface area contributed by atoms with E-state index in [1.807, 2.05) is 42.5 Å². The van der Waals surface area contributed by atoms with Gasteiger partial charge in [0.05, 0.1) is 19.1 Å². The van der Waals surface area contributed by atoms with Crippen LogP contribution >= 0.6 is 0 Å². The molecule has 3 N–H and O–H groups in total. The van der Waals surface area contributed by atoms with Crippen molar-refractivity contribution in [3.05, 3.63) is 48.0 Å². The summed E-state index contributed by atoms with van der Waals surface area (Å²) in [5, 5.41) is 4.95. The Morgan fingerprint density at radius 3 is 2.68 bits per heavy atom. The Balaban J connectivity index is 1.61. The van der Waals surface area contributed by atoms with Crippen LogP contribution in [0.2, 0.25) is 0 Å². The quantitative estimate of drug-likeness (QED) is 0.357. The molecule has 0 spiro atoms. The van der Waals surface area contributed by atoms with Gasteiger partial charge in [-0.1, -0.05) is 48.9 Å². The van der Waals surface area contributed by atoms with Gasteiger partial charge >= 0.3 is 0 Å². The smallest absolute Gasteiger partial charge is 0.227 e. The number of rotatable bonds is 15. The lowest BCUT2D eigenvalue weighted by molar-refractivity contribution is -0.138. The molecular weight excluding hydrogens is 470 g/mol. The van der Waals surface area contributed by atoms with E-state index in [0.29, 0.717) is 25.9 Å². The van der Waals surface area contributed by atoms with Gasteiger partial charge in [-0.05, 0) is 55.5 Å². The number of Topliss-reactive ketones (excluding diaryl/α,β-unsaturated/α-hetero) is 2. The van der Waals surface area contributed by atoms with Crippen LogP contribution in [0.5, 0.6) is 0 Å². The van der Waals surface area contributed by atoms with E-state index in [4.69, 9.17) is 10.5 Å². The summed E-state index contributed by atoms with van der Waals surface area (Å²) in [5.74, 6) is -0.887. The maximum absolute atomic E-state index is 13.4. The first kappa shape index (κ1) is 28.5. The van der Waals surface area contributed by atoms with E-state index in [9.17, 15) is 19.2 Å². The lowest BCUT2D eigenvalue weighted by Gasteiger charge is -2.26. The van der Waals surface area contributed by atoms with Gasteiger partial charge in [-0.2, -0.15) is 0 Å². The summed E-state index contributed by atoms with van der Waals surface area (Å²) in [6, 6.07) is 13.4. The summed E-state index contributed by atoms with van der Waals surface area (Å²) in [6.07, 6.45) is 3.81. The molecule has 0 radical (unpaired) electrons. The fourth-order valence-electron chi connectivity index (χ4n) is 4.96. The molecule has 1 heterocycles. The average molecular weight is 510 g/mol. The van der Waals surface area contributed by atoms with Crippen LogP contribution in [0.3, 0.4) is 0 Å². The van der Waals surface area contributed by atoms with Crippen molar-refractivity contribution in [2.75, 3.05) is 32.8 Å². The number of hydrogen-bond donors (Lipinski definition) is 2. The van der Waals surface area contributed by atoms with E-state index in [2.05, 4.69) is 5.32 Å². The number of ketones is 2. The first-order valence-electron chi connectivity index (χ1n) is 13.2. The third-order valence-electron chi connectivity index (χ3n) is 6.84. The number of ether oxygens (including phenoxy) is 1. The monoisotopic (exact) mass is 509 g/mol. The number of amides is 2. The maximum atomic E-state index is 13.4. The summed E-state index contributed by atoms with van der Waals surface area (Å²) in [4.78, 5) is 52.2. The molecule has 2 aromatic rings. The van der Waals surface area contributed by atoms with Gasteiger partial charge in [0, 0.05) is 25.4 Å². The Morgan fingerprint density at radius 2 is 1.89 bits per heavy atom. The van der Waals surface area contributed by atoms with Crippen molar-refractivity contribution in [3.63, 3.8) is 0 Å². The zero-order chi connectivity index (χ0) is 26.6. The molecule has 1 aliphatic rings. The SMILES string of the molecule is CC(=O)COCCNC(=O)[C@H](CCCCN)CC(=O)[C@@H]1CCCN1C(=O)Cc1cccc2ccccc12. The van der Waals surface area contributed by atoms with Crippen LogP contribution in [-0.4, -0.2) is 67.2 Å². The predicted octanol–water partition coefficient (Wildman–Crippen LogP) is 2.80. The Hall–Kier alpha value is -3.10. The average Bonchev–Trinajstić information content (AvgIpc) is 3.38. The number of likely N-dealkylation sites (tertiary alicyclic amines) is 1. The minimum Gasteiger partial charge on any atom is -0.372 e. The largest absolute Gasteiger partial charge is 0.372 e. The molecule has 1 saturated heterocycles. The Kier molecular flexibility index (Phi) is 11.2. The van der Waals surface area contributed by atoms with E-state index in [1.54, 1.807) is 4.90 Å². The number of fused-ring (bicyclic) bond motifs is 1. The maximum Gasteiger partial charge on any atom is 0.227 e. The lowest BCUT2D eigenvalue weighted by atomic mass is 9.91. The van der Waals surface area contributed by atoms with E-state index in [0.717, 1.165) is 35.6 Å². The predicted molar refractivity (Wildman–Crippen MR) is 143 cm³/mol. The van der Waals surface area contributed by atoms with Crippen LogP contribution in [-0.2, 0) is 30.3 Å². The van der Waals surface area contributed by atoms with E-state index >= 15 is 0 Å². The van der Waals surface area contributed by atoms with Gasteiger partial charge in [0.2, 0.25) is 11.8 Å². The van der Waals surface area contributed by atoms with Gasteiger partial charge < -0.3 is 20.7 Å². The molecule has 37 heavy (non-hydrogen) atoms. The van der Waals surface area contributed by atoms with Crippen LogP contribution in [0.25, 0.3) is 10.8 Å². The number of nitrogens with two attached hydrogens (primary N) is 1. The van der Waals surface area contributed by atoms with Crippen molar-refractivity contribution in [2.45, 2.75) is 57.9 Å². The molecule has 3 rings (SSSR count). The zero-order valence-electron chi connectivity index (χ0n) is 21.7. The van der Waals surface area contributed by atoms with Crippen molar-refractivity contribution in [3.8, 4) is 0 Å². The number of nitrogens with zero attached hydrogens (tertiary/aromatic N) is 1. The second kappa shape index (κ2) is 14.6. The van der Waals surface area contributed by atoms with Crippen molar-refractivity contribution in [1.82, 2.24) is 10.2 Å². The summed E-state index contributed by atoms with van der Waals surface area (Å²) in [6.45, 7) is 3.04. The molecule has 2 amide bonds. The van der Waals surface area contributed by atoms with Gasteiger partial charge in [-0.15, -0.1) is 0 Å². The molecule has 0 saturated carbocycles. The van der Waals surface area contributed by atoms with Crippen LogP contribution in [0.1, 0.15) is 51.0 Å². The molecule has 200 valence electrons.